The molecule has 0 fully saturated rings. The molecule has 0 saturated heterocycles. The van der Waals surface area contributed by atoms with Crippen LogP contribution < -0.4 is 5.32 Å². The highest BCUT2D eigenvalue weighted by molar-refractivity contribution is 6.04. The minimum atomic E-state index is -0.794. The number of amides is 2. The Bertz CT molecular complexity index is 1050. The molecule has 0 radical (unpaired) electrons. The molecule has 0 spiro atoms. The van der Waals surface area contributed by atoms with E-state index in [2.05, 4.69) is 10.4 Å². The summed E-state index contributed by atoms with van der Waals surface area (Å²) in [4.78, 5) is 38.1. The molecule has 0 bridgehead atoms. The molecule has 166 valence electrons. The predicted molar refractivity (Wildman–Crippen MR) is 119 cm³/mol. The first-order valence-electron chi connectivity index (χ1n) is 10.4. The zero-order chi connectivity index (χ0) is 22.9. The largest absolute Gasteiger partial charge is 0.467 e. The van der Waals surface area contributed by atoms with Crippen molar-refractivity contribution in [2.24, 2.45) is 16.4 Å². The van der Waals surface area contributed by atoms with Gasteiger partial charge in [0.05, 0.1) is 19.4 Å². The Hall–Kier alpha value is -3.16. The quantitative estimate of drug-likeness (QED) is 0.744. The Labute approximate surface area is 182 Å². The number of nitrogens with zero attached hydrogens (tertiary/aromatic N) is 3. The number of hydrogen-bond acceptors (Lipinski definition) is 5. The number of para-hydroxylation sites is 1. The molecule has 31 heavy (non-hydrogen) atoms. The van der Waals surface area contributed by atoms with Gasteiger partial charge in [0.15, 0.2) is 0 Å². The van der Waals surface area contributed by atoms with Gasteiger partial charge >= 0.3 is 5.97 Å². The maximum Gasteiger partial charge on any atom is 0.328 e. The molecule has 2 amide bonds. The molecule has 1 atom stereocenters. The molecule has 1 aliphatic rings. The molecule has 2 heterocycles. The zero-order valence-electron chi connectivity index (χ0n) is 18.9. The highest BCUT2D eigenvalue weighted by Crippen LogP contribution is 2.27. The lowest BCUT2D eigenvalue weighted by Gasteiger charge is -2.24. The van der Waals surface area contributed by atoms with Gasteiger partial charge in [0.2, 0.25) is 5.91 Å². The highest BCUT2D eigenvalue weighted by Gasteiger charge is 2.32. The smallest absolute Gasteiger partial charge is 0.328 e. The molecule has 0 saturated carbocycles. The lowest BCUT2D eigenvalue weighted by Crippen LogP contribution is -2.48. The summed E-state index contributed by atoms with van der Waals surface area (Å²) in [5, 5.41) is 9.41. The Morgan fingerprint density at radius 2 is 1.90 bits per heavy atom. The van der Waals surface area contributed by atoms with Crippen molar-refractivity contribution >= 4 is 34.4 Å². The van der Waals surface area contributed by atoms with Crippen molar-refractivity contribution in [1.82, 2.24) is 14.9 Å². The summed E-state index contributed by atoms with van der Waals surface area (Å²) < 4.78 is 6.73. The molecule has 1 unspecified atom stereocenters. The van der Waals surface area contributed by atoms with Crippen molar-refractivity contribution in [3.63, 3.8) is 0 Å². The standard InChI is InChI=1S/C23H30N4O4/c1-14(2)20(22(30)31-6)24-19(28)13-27-21(29)17-11-15-9-7-8-10-16(15)26(17)12-18(25-27)23(3,4)5/h7-11,14,20H,12-13H2,1-6H3,(H,24,28). The predicted octanol–water partition coefficient (Wildman–Crippen LogP) is 2.81. The third-order valence-electron chi connectivity index (χ3n) is 5.41. The number of rotatable bonds is 5. The van der Waals surface area contributed by atoms with Crippen molar-refractivity contribution in [2.45, 2.75) is 47.2 Å². The van der Waals surface area contributed by atoms with Crippen molar-refractivity contribution in [1.29, 1.82) is 0 Å². The number of fused-ring (bicyclic) bond motifs is 3. The van der Waals surface area contributed by atoms with Gasteiger partial charge in [-0.1, -0.05) is 52.8 Å². The van der Waals surface area contributed by atoms with Crippen LogP contribution in [0, 0.1) is 11.3 Å². The molecule has 0 aliphatic carbocycles. The van der Waals surface area contributed by atoms with Crippen LogP contribution in [0.5, 0.6) is 0 Å². The second kappa shape index (κ2) is 8.53. The summed E-state index contributed by atoms with van der Waals surface area (Å²) in [6.45, 7) is 9.86. The minimum absolute atomic E-state index is 0.160. The number of esters is 1. The number of hydrazone groups is 1. The second-order valence-corrected chi connectivity index (χ2v) is 9.15. The summed E-state index contributed by atoms with van der Waals surface area (Å²) in [5.41, 5.74) is 1.89. The van der Waals surface area contributed by atoms with E-state index >= 15 is 0 Å². The molecule has 8 heteroatoms. The number of ether oxygens (including phenoxy) is 1. The van der Waals surface area contributed by atoms with Gasteiger partial charge in [-0.15, -0.1) is 0 Å². The first kappa shape index (κ1) is 22.5. The third-order valence-corrected chi connectivity index (χ3v) is 5.41. The van der Waals surface area contributed by atoms with Crippen LogP contribution >= 0.6 is 0 Å². The zero-order valence-corrected chi connectivity index (χ0v) is 18.9. The number of methoxy groups -OCH3 is 1. The van der Waals surface area contributed by atoms with E-state index in [4.69, 9.17) is 4.74 Å². The molecule has 8 nitrogen and oxygen atoms in total. The van der Waals surface area contributed by atoms with Crippen LogP contribution in [0.25, 0.3) is 10.9 Å². The molecule has 1 aromatic heterocycles. The molecule has 1 N–H and O–H groups in total. The Morgan fingerprint density at radius 3 is 2.52 bits per heavy atom. The molecule has 1 aliphatic heterocycles. The number of carbonyl (C=O) groups excluding carboxylic acids is 3. The fourth-order valence-corrected chi connectivity index (χ4v) is 3.54. The summed E-state index contributed by atoms with van der Waals surface area (Å²) in [7, 11) is 1.28. The van der Waals surface area contributed by atoms with Crippen molar-refractivity contribution < 1.29 is 19.1 Å². The van der Waals surface area contributed by atoms with Crippen LogP contribution in [0.3, 0.4) is 0 Å². The number of aromatic nitrogens is 1. The summed E-state index contributed by atoms with van der Waals surface area (Å²) in [6, 6.07) is 8.82. The summed E-state index contributed by atoms with van der Waals surface area (Å²) in [6.07, 6.45) is 0. The molecule has 2 aromatic rings. The van der Waals surface area contributed by atoms with Crippen LogP contribution in [0.15, 0.2) is 35.4 Å². The number of nitrogens with one attached hydrogen (secondary N) is 1. The van der Waals surface area contributed by atoms with Crippen LogP contribution in [-0.4, -0.2) is 52.8 Å². The number of hydrogen-bond donors (Lipinski definition) is 1. The van der Waals surface area contributed by atoms with Gasteiger partial charge in [-0.05, 0) is 18.1 Å². The molecule has 1 aromatic carbocycles. The van der Waals surface area contributed by atoms with E-state index < -0.39 is 17.9 Å². The first-order valence-corrected chi connectivity index (χ1v) is 10.4. The van der Waals surface area contributed by atoms with Gasteiger partial charge in [0, 0.05) is 16.3 Å². The maximum atomic E-state index is 13.4. The van der Waals surface area contributed by atoms with Crippen molar-refractivity contribution in [2.75, 3.05) is 13.7 Å². The highest BCUT2D eigenvalue weighted by atomic mass is 16.5. The normalized spacial score (nSPS) is 15.4. The maximum absolute atomic E-state index is 13.4. The summed E-state index contributed by atoms with van der Waals surface area (Å²) >= 11 is 0. The Balaban J connectivity index is 1.96. The SMILES string of the molecule is COC(=O)C(NC(=O)CN1N=C(C(C)(C)C)Cn2c(cc3ccccc32)C1=O)C(C)C. The average molecular weight is 427 g/mol. The van der Waals surface area contributed by atoms with Crippen LogP contribution in [0.2, 0.25) is 0 Å². The van der Waals surface area contributed by atoms with E-state index in [0.29, 0.717) is 12.2 Å². The Kier molecular flexibility index (Phi) is 6.20. The summed E-state index contributed by atoms with van der Waals surface area (Å²) in [5.74, 6) is -1.51. The topological polar surface area (TPSA) is 93.0 Å². The van der Waals surface area contributed by atoms with E-state index in [9.17, 15) is 14.4 Å². The van der Waals surface area contributed by atoms with Gasteiger partial charge in [-0.25, -0.2) is 9.80 Å². The van der Waals surface area contributed by atoms with Gasteiger partial charge < -0.3 is 14.6 Å². The van der Waals surface area contributed by atoms with Gasteiger partial charge in [0.1, 0.15) is 18.3 Å². The number of carbonyl (C=O) groups is 3. The van der Waals surface area contributed by atoms with Crippen molar-refractivity contribution in [3.05, 3.63) is 36.0 Å². The van der Waals surface area contributed by atoms with Crippen LogP contribution in [-0.2, 0) is 20.9 Å². The van der Waals surface area contributed by atoms with Gasteiger partial charge in [-0.3, -0.25) is 9.59 Å². The van der Waals surface area contributed by atoms with E-state index in [-0.39, 0.29) is 23.8 Å². The molecular formula is C23H30N4O4. The van der Waals surface area contributed by atoms with E-state index in [1.807, 2.05) is 69.5 Å². The van der Waals surface area contributed by atoms with Crippen LogP contribution in [0.4, 0.5) is 0 Å². The van der Waals surface area contributed by atoms with Crippen molar-refractivity contribution in [3.8, 4) is 0 Å². The van der Waals surface area contributed by atoms with Crippen LogP contribution in [0.1, 0.15) is 45.1 Å². The van der Waals surface area contributed by atoms with E-state index in [1.54, 1.807) is 0 Å². The first-order chi connectivity index (χ1) is 14.5. The number of benzene rings is 1. The van der Waals surface area contributed by atoms with E-state index in [0.717, 1.165) is 16.6 Å². The lowest BCUT2D eigenvalue weighted by atomic mass is 9.90. The average Bonchev–Trinajstić information content (AvgIpc) is 3.00. The van der Waals surface area contributed by atoms with Gasteiger partial charge in [0.25, 0.3) is 5.91 Å². The molecular weight excluding hydrogens is 396 g/mol. The fraction of sp³-hybridized carbons (Fsp3) is 0.478. The second-order valence-electron chi connectivity index (χ2n) is 9.15. The third kappa shape index (κ3) is 4.62. The molecule has 3 rings (SSSR count). The Morgan fingerprint density at radius 1 is 1.23 bits per heavy atom. The fourth-order valence-electron chi connectivity index (χ4n) is 3.54. The van der Waals surface area contributed by atoms with Gasteiger partial charge in [-0.2, -0.15) is 5.10 Å². The minimum Gasteiger partial charge on any atom is -0.467 e. The van der Waals surface area contributed by atoms with E-state index in [1.165, 1.54) is 12.1 Å². The lowest BCUT2D eigenvalue weighted by molar-refractivity contribution is -0.146. The monoisotopic (exact) mass is 426 g/mol.